The first-order chi connectivity index (χ1) is 7.61. The molecule has 0 aliphatic heterocycles. The van der Waals surface area contributed by atoms with Crippen LogP contribution >= 0.6 is 0 Å². The molecule has 2 N–H and O–H groups in total. The minimum Gasteiger partial charge on any atom is -0.328 e. The van der Waals surface area contributed by atoms with Crippen LogP contribution in [0.15, 0.2) is 0 Å². The Morgan fingerprint density at radius 2 is 1.62 bits per heavy atom. The van der Waals surface area contributed by atoms with E-state index >= 15 is 0 Å². The minimum atomic E-state index is 0.400. The highest BCUT2D eigenvalue weighted by molar-refractivity contribution is 4.68. The topological polar surface area (TPSA) is 29.3 Å². The minimum absolute atomic E-state index is 0.400. The van der Waals surface area contributed by atoms with Gasteiger partial charge in [-0.15, -0.1) is 0 Å². The Morgan fingerprint density at radius 1 is 0.938 bits per heavy atom. The van der Waals surface area contributed by atoms with Crippen molar-refractivity contribution in [3.63, 3.8) is 0 Å². The fraction of sp³-hybridized carbons (Fsp3) is 1.00. The summed E-state index contributed by atoms with van der Waals surface area (Å²) in [6.45, 7) is 11.5. The van der Waals surface area contributed by atoms with Gasteiger partial charge in [0.2, 0.25) is 0 Å². The van der Waals surface area contributed by atoms with Gasteiger partial charge >= 0.3 is 0 Å². The molecule has 0 radical (unpaired) electrons. The number of hydrogen-bond acceptors (Lipinski definition) is 2. The van der Waals surface area contributed by atoms with E-state index in [0.29, 0.717) is 12.1 Å². The SMILES string of the molecule is CCCCCN(CCC(N)CCC)C(C)C. The Hall–Kier alpha value is -0.0800. The molecule has 0 aliphatic rings. The Bertz CT molecular complexity index is 146. The first kappa shape index (κ1) is 15.9. The van der Waals surface area contributed by atoms with Crippen LogP contribution in [0.5, 0.6) is 0 Å². The lowest BCUT2D eigenvalue weighted by Gasteiger charge is -2.27. The van der Waals surface area contributed by atoms with E-state index in [4.69, 9.17) is 5.73 Å². The Morgan fingerprint density at radius 3 is 2.12 bits per heavy atom. The van der Waals surface area contributed by atoms with Crippen molar-refractivity contribution in [2.45, 2.75) is 78.3 Å². The normalized spacial score (nSPS) is 13.7. The van der Waals surface area contributed by atoms with Crippen LogP contribution < -0.4 is 5.73 Å². The predicted octanol–water partition coefficient (Wildman–Crippen LogP) is 3.40. The number of rotatable bonds is 10. The zero-order valence-electron chi connectivity index (χ0n) is 11.8. The van der Waals surface area contributed by atoms with Crippen LogP contribution in [-0.2, 0) is 0 Å². The van der Waals surface area contributed by atoms with Crippen LogP contribution in [-0.4, -0.2) is 30.1 Å². The molecule has 0 bridgehead atoms. The van der Waals surface area contributed by atoms with Gasteiger partial charge in [-0.05, 0) is 46.2 Å². The van der Waals surface area contributed by atoms with Gasteiger partial charge in [0.25, 0.3) is 0 Å². The van der Waals surface area contributed by atoms with E-state index in [1.165, 1.54) is 45.2 Å². The third kappa shape index (κ3) is 8.12. The zero-order chi connectivity index (χ0) is 12.4. The first-order valence-electron chi connectivity index (χ1n) is 7.11. The fourth-order valence-corrected chi connectivity index (χ4v) is 2.04. The third-order valence-electron chi connectivity index (χ3n) is 3.23. The average molecular weight is 228 g/mol. The fourth-order valence-electron chi connectivity index (χ4n) is 2.04. The van der Waals surface area contributed by atoms with Crippen molar-refractivity contribution in [3.8, 4) is 0 Å². The molecule has 0 fully saturated rings. The van der Waals surface area contributed by atoms with Crippen LogP contribution in [0.2, 0.25) is 0 Å². The van der Waals surface area contributed by atoms with E-state index in [9.17, 15) is 0 Å². The summed E-state index contributed by atoms with van der Waals surface area (Å²) < 4.78 is 0. The smallest absolute Gasteiger partial charge is 0.00509 e. The van der Waals surface area contributed by atoms with Crippen molar-refractivity contribution in [3.05, 3.63) is 0 Å². The summed E-state index contributed by atoms with van der Waals surface area (Å²) in [5.74, 6) is 0. The van der Waals surface area contributed by atoms with Crippen molar-refractivity contribution in [1.82, 2.24) is 4.90 Å². The highest BCUT2D eigenvalue weighted by atomic mass is 15.1. The van der Waals surface area contributed by atoms with Crippen molar-refractivity contribution in [2.24, 2.45) is 5.73 Å². The number of hydrogen-bond donors (Lipinski definition) is 1. The van der Waals surface area contributed by atoms with E-state index in [1.807, 2.05) is 0 Å². The molecule has 0 spiro atoms. The molecular weight excluding hydrogens is 196 g/mol. The van der Waals surface area contributed by atoms with Crippen LogP contribution in [0.1, 0.15) is 66.2 Å². The number of nitrogens with zero attached hydrogens (tertiary/aromatic N) is 1. The molecule has 0 amide bonds. The Balaban J connectivity index is 3.75. The molecule has 0 saturated carbocycles. The Kier molecular flexibility index (Phi) is 10.0. The van der Waals surface area contributed by atoms with E-state index in [2.05, 4.69) is 32.6 Å². The second-order valence-corrected chi connectivity index (χ2v) is 5.17. The van der Waals surface area contributed by atoms with Gasteiger partial charge in [0, 0.05) is 12.1 Å². The summed E-state index contributed by atoms with van der Waals surface area (Å²) in [5, 5.41) is 0. The quantitative estimate of drug-likeness (QED) is 0.581. The van der Waals surface area contributed by atoms with Gasteiger partial charge in [-0.3, -0.25) is 0 Å². The molecule has 0 aromatic rings. The molecule has 16 heavy (non-hydrogen) atoms. The molecule has 2 nitrogen and oxygen atoms in total. The van der Waals surface area contributed by atoms with Crippen molar-refractivity contribution in [1.29, 1.82) is 0 Å². The van der Waals surface area contributed by atoms with Crippen LogP contribution in [0, 0.1) is 0 Å². The summed E-state index contributed by atoms with van der Waals surface area (Å²) in [6, 6.07) is 1.06. The lowest BCUT2D eigenvalue weighted by atomic mass is 10.1. The van der Waals surface area contributed by atoms with Gasteiger partial charge in [0.05, 0.1) is 0 Å². The van der Waals surface area contributed by atoms with Crippen molar-refractivity contribution < 1.29 is 0 Å². The third-order valence-corrected chi connectivity index (χ3v) is 3.23. The Labute approximate surface area is 103 Å². The van der Waals surface area contributed by atoms with Crippen LogP contribution in [0.4, 0.5) is 0 Å². The molecule has 2 heteroatoms. The average Bonchev–Trinajstić information content (AvgIpc) is 2.23. The standard InChI is InChI=1S/C14H32N2/c1-5-7-8-11-16(13(3)4)12-10-14(15)9-6-2/h13-14H,5-12,15H2,1-4H3. The van der Waals surface area contributed by atoms with E-state index in [1.54, 1.807) is 0 Å². The van der Waals surface area contributed by atoms with Gasteiger partial charge in [0.15, 0.2) is 0 Å². The van der Waals surface area contributed by atoms with Crippen LogP contribution in [0.3, 0.4) is 0 Å². The van der Waals surface area contributed by atoms with E-state index < -0.39 is 0 Å². The second-order valence-electron chi connectivity index (χ2n) is 5.17. The molecule has 0 rings (SSSR count). The monoisotopic (exact) mass is 228 g/mol. The lowest BCUT2D eigenvalue weighted by Crippen LogP contribution is -2.36. The zero-order valence-corrected chi connectivity index (χ0v) is 11.8. The summed E-state index contributed by atoms with van der Waals surface area (Å²) in [4.78, 5) is 2.57. The first-order valence-corrected chi connectivity index (χ1v) is 7.11. The van der Waals surface area contributed by atoms with Crippen LogP contribution in [0.25, 0.3) is 0 Å². The second kappa shape index (κ2) is 10.1. The molecule has 0 aliphatic carbocycles. The summed E-state index contributed by atoms with van der Waals surface area (Å²) in [5.41, 5.74) is 6.06. The van der Waals surface area contributed by atoms with Gasteiger partial charge in [-0.1, -0.05) is 33.1 Å². The molecule has 1 atom stereocenters. The lowest BCUT2D eigenvalue weighted by molar-refractivity contribution is 0.208. The maximum absolute atomic E-state index is 6.06. The molecule has 0 aromatic heterocycles. The van der Waals surface area contributed by atoms with E-state index in [0.717, 1.165) is 6.42 Å². The number of nitrogens with two attached hydrogens (primary N) is 1. The van der Waals surface area contributed by atoms with Gasteiger partial charge in [-0.25, -0.2) is 0 Å². The molecule has 0 aromatic carbocycles. The predicted molar refractivity (Wildman–Crippen MR) is 73.7 cm³/mol. The largest absolute Gasteiger partial charge is 0.328 e. The van der Waals surface area contributed by atoms with Crippen molar-refractivity contribution in [2.75, 3.05) is 13.1 Å². The highest BCUT2D eigenvalue weighted by Gasteiger charge is 2.10. The van der Waals surface area contributed by atoms with E-state index in [-0.39, 0.29) is 0 Å². The van der Waals surface area contributed by atoms with Gasteiger partial charge in [0.1, 0.15) is 0 Å². The van der Waals surface area contributed by atoms with Gasteiger partial charge in [-0.2, -0.15) is 0 Å². The maximum Gasteiger partial charge on any atom is 0.00509 e. The summed E-state index contributed by atoms with van der Waals surface area (Å²) in [7, 11) is 0. The maximum atomic E-state index is 6.06. The van der Waals surface area contributed by atoms with Gasteiger partial charge < -0.3 is 10.6 Å². The highest BCUT2D eigenvalue weighted by Crippen LogP contribution is 2.07. The molecule has 0 saturated heterocycles. The molecule has 1 unspecified atom stereocenters. The number of unbranched alkanes of at least 4 members (excludes halogenated alkanes) is 2. The summed E-state index contributed by atoms with van der Waals surface area (Å²) >= 11 is 0. The molecule has 0 heterocycles. The summed E-state index contributed by atoms with van der Waals surface area (Å²) in [6.07, 6.45) is 7.51. The molecule has 98 valence electrons. The van der Waals surface area contributed by atoms with Crippen molar-refractivity contribution >= 4 is 0 Å². The molecular formula is C14H32N2.